The molecule has 2 heterocycles. The third kappa shape index (κ3) is 3.22. The molecule has 0 radical (unpaired) electrons. The van der Waals surface area contributed by atoms with Crippen molar-refractivity contribution in [2.24, 2.45) is 0 Å². The maximum Gasteiger partial charge on any atom is 0.216 e. The van der Waals surface area contributed by atoms with E-state index in [0.29, 0.717) is 30.9 Å². The number of aromatic nitrogens is 4. The summed E-state index contributed by atoms with van der Waals surface area (Å²) in [6.45, 7) is 4.96. The summed E-state index contributed by atoms with van der Waals surface area (Å²) in [4.78, 5) is 0. The summed E-state index contributed by atoms with van der Waals surface area (Å²) >= 11 is 0. The van der Waals surface area contributed by atoms with Crippen LogP contribution in [-0.4, -0.2) is 26.2 Å². The van der Waals surface area contributed by atoms with Crippen molar-refractivity contribution < 1.29 is 8.78 Å². The molecule has 0 saturated heterocycles. The molecule has 0 spiro atoms. The Labute approximate surface area is 116 Å². The van der Waals surface area contributed by atoms with E-state index in [9.17, 15) is 8.78 Å². The summed E-state index contributed by atoms with van der Waals surface area (Å²) in [5.74, 6) is -0.286. The SMILES string of the molecule is CCn1nc(C)c(CNCc2cnn(CCF)c2)c1F. The molecule has 0 bridgehead atoms. The fourth-order valence-electron chi connectivity index (χ4n) is 2.04. The van der Waals surface area contributed by atoms with Crippen molar-refractivity contribution in [1.29, 1.82) is 0 Å². The van der Waals surface area contributed by atoms with Gasteiger partial charge in [0, 0.05) is 37.0 Å². The van der Waals surface area contributed by atoms with Crippen LogP contribution < -0.4 is 5.32 Å². The topological polar surface area (TPSA) is 47.7 Å². The first-order valence-electron chi connectivity index (χ1n) is 6.65. The van der Waals surface area contributed by atoms with Crippen molar-refractivity contribution in [2.75, 3.05) is 6.67 Å². The van der Waals surface area contributed by atoms with E-state index >= 15 is 0 Å². The molecule has 2 aromatic rings. The van der Waals surface area contributed by atoms with Gasteiger partial charge in [0.25, 0.3) is 0 Å². The second-order valence-electron chi connectivity index (χ2n) is 4.57. The van der Waals surface area contributed by atoms with Gasteiger partial charge in [0.2, 0.25) is 5.95 Å². The average molecular weight is 283 g/mol. The fraction of sp³-hybridized carbons (Fsp3) is 0.538. The highest BCUT2D eigenvalue weighted by Crippen LogP contribution is 2.12. The van der Waals surface area contributed by atoms with Crippen molar-refractivity contribution in [3.8, 4) is 0 Å². The van der Waals surface area contributed by atoms with Crippen LogP contribution in [0.15, 0.2) is 12.4 Å². The Morgan fingerprint density at radius 3 is 2.80 bits per heavy atom. The Bertz CT molecular complexity index is 561. The average Bonchev–Trinajstić information content (AvgIpc) is 2.98. The lowest BCUT2D eigenvalue weighted by Crippen LogP contribution is -2.14. The molecule has 0 unspecified atom stereocenters. The van der Waals surface area contributed by atoms with Crippen LogP contribution in [0, 0.1) is 12.9 Å². The first kappa shape index (κ1) is 14.6. The predicted octanol–water partition coefficient (Wildman–Crippen LogP) is 1.81. The number of nitrogens with one attached hydrogen (secondary N) is 1. The van der Waals surface area contributed by atoms with E-state index in [1.54, 1.807) is 24.0 Å². The van der Waals surface area contributed by atoms with E-state index in [1.807, 2.05) is 6.92 Å². The highest BCUT2D eigenvalue weighted by atomic mass is 19.1. The Hall–Kier alpha value is -1.76. The molecule has 0 aliphatic rings. The molecule has 20 heavy (non-hydrogen) atoms. The quantitative estimate of drug-likeness (QED) is 0.843. The van der Waals surface area contributed by atoms with Gasteiger partial charge in [-0.3, -0.25) is 4.68 Å². The minimum absolute atomic E-state index is 0.261. The van der Waals surface area contributed by atoms with Crippen LogP contribution in [-0.2, 0) is 26.2 Å². The van der Waals surface area contributed by atoms with Gasteiger partial charge in [0.15, 0.2) is 0 Å². The molecular formula is C13H19F2N5. The summed E-state index contributed by atoms with van der Waals surface area (Å²) < 4.78 is 29.0. The van der Waals surface area contributed by atoms with Crippen molar-refractivity contribution in [1.82, 2.24) is 24.9 Å². The van der Waals surface area contributed by atoms with E-state index in [2.05, 4.69) is 15.5 Å². The number of aryl methyl sites for hydroxylation is 3. The van der Waals surface area contributed by atoms with Gasteiger partial charge in [-0.05, 0) is 13.8 Å². The second kappa shape index (κ2) is 6.60. The van der Waals surface area contributed by atoms with Crippen LogP contribution in [0.25, 0.3) is 0 Å². The molecule has 110 valence electrons. The summed E-state index contributed by atoms with van der Waals surface area (Å²) in [7, 11) is 0. The Balaban J connectivity index is 1.90. The van der Waals surface area contributed by atoms with E-state index in [0.717, 1.165) is 5.56 Å². The van der Waals surface area contributed by atoms with Crippen molar-refractivity contribution >= 4 is 0 Å². The summed E-state index contributed by atoms with van der Waals surface area (Å²) in [6.07, 6.45) is 3.46. The highest BCUT2D eigenvalue weighted by molar-refractivity contribution is 5.17. The van der Waals surface area contributed by atoms with Gasteiger partial charge >= 0.3 is 0 Å². The van der Waals surface area contributed by atoms with E-state index < -0.39 is 6.67 Å². The van der Waals surface area contributed by atoms with Gasteiger partial charge in [0.1, 0.15) is 6.67 Å². The second-order valence-corrected chi connectivity index (χ2v) is 4.57. The third-order valence-corrected chi connectivity index (χ3v) is 3.11. The number of hydrogen-bond acceptors (Lipinski definition) is 3. The van der Waals surface area contributed by atoms with Gasteiger partial charge in [0.05, 0.1) is 18.4 Å². The fourth-order valence-corrected chi connectivity index (χ4v) is 2.04. The predicted molar refractivity (Wildman–Crippen MR) is 71.3 cm³/mol. The third-order valence-electron chi connectivity index (χ3n) is 3.11. The zero-order chi connectivity index (χ0) is 14.5. The zero-order valence-corrected chi connectivity index (χ0v) is 11.7. The molecule has 5 nitrogen and oxygen atoms in total. The molecule has 2 aromatic heterocycles. The van der Waals surface area contributed by atoms with Crippen LogP contribution in [0.2, 0.25) is 0 Å². The standard InChI is InChI=1S/C13H19F2N5/c1-3-20-13(15)12(10(2)18-20)8-16-6-11-7-17-19(9-11)5-4-14/h7,9,16H,3-6,8H2,1-2H3. The molecule has 0 atom stereocenters. The molecule has 0 aliphatic carbocycles. The maximum absolute atomic E-state index is 13.9. The summed E-state index contributed by atoms with van der Waals surface area (Å²) in [6, 6.07) is 0. The van der Waals surface area contributed by atoms with Gasteiger partial charge < -0.3 is 5.32 Å². The van der Waals surface area contributed by atoms with Crippen LogP contribution in [0.3, 0.4) is 0 Å². The monoisotopic (exact) mass is 283 g/mol. The van der Waals surface area contributed by atoms with E-state index in [4.69, 9.17) is 0 Å². The molecule has 0 amide bonds. The van der Waals surface area contributed by atoms with Crippen molar-refractivity contribution in [3.05, 3.63) is 35.2 Å². The van der Waals surface area contributed by atoms with Gasteiger partial charge in [-0.1, -0.05) is 0 Å². The molecule has 0 aliphatic heterocycles. The van der Waals surface area contributed by atoms with Gasteiger partial charge in [-0.15, -0.1) is 0 Å². The largest absolute Gasteiger partial charge is 0.308 e. The number of rotatable bonds is 7. The van der Waals surface area contributed by atoms with Crippen LogP contribution in [0.5, 0.6) is 0 Å². The molecule has 0 fully saturated rings. The van der Waals surface area contributed by atoms with Gasteiger partial charge in [-0.2, -0.15) is 14.6 Å². The van der Waals surface area contributed by atoms with Crippen molar-refractivity contribution in [3.63, 3.8) is 0 Å². The Morgan fingerprint density at radius 2 is 2.15 bits per heavy atom. The molecule has 0 aromatic carbocycles. The Kier molecular flexibility index (Phi) is 4.84. The molecule has 1 N–H and O–H groups in total. The first-order valence-corrected chi connectivity index (χ1v) is 6.65. The number of alkyl halides is 1. The number of hydrogen-bond donors (Lipinski definition) is 1. The smallest absolute Gasteiger partial charge is 0.216 e. The highest BCUT2D eigenvalue weighted by Gasteiger charge is 2.13. The lowest BCUT2D eigenvalue weighted by molar-refractivity contribution is 0.427. The normalized spacial score (nSPS) is 11.2. The zero-order valence-electron chi connectivity index (χ0n) is 11.7. The van der Waals surface area contributed by atoms with Crippen LogP contribution >= 0.6 is 0 Å². The molecule has 7 heteroatoms. The van der Waals surface area contributed by atoms with Crippen LogP contribution in [0.4, 0.5) is 8.78 Å². The minimum atomic E-state index is -0.435. The molecular weight excluding hydrogens is 264 g/mol. The molecule has 2 rings (SSSR count). The summed E-state index contributed by atoms with van der Waals surface area (Å²) in [5.41, 5.74) is 2.23. The number of nitrogens with zero attached hydrogens (tertiary/aromatic N) is 4. The van der Waals surface area contributed by atoms with Crippen molar-refractivity contribution in [2.45, 2.75) is 40.0 Å². The van der Waals surface area contributed by atoms with E-state index in [1.165, 1.54) is 4.68 Å². The molecule has 0 saturated carbocycles. The van der Waals surface area contributed by atoms with E-state index in [-0.39, 0.29) is 12.5 Å². The van der Waals surface area contributed by atoms with Crippen LogP contribution in [0.1, 0.15) is 23.7 Å². The summed E-state index contributed by atoms with van der Waals surface area (Å²) in [5, 5.41) is 11.3. The first-order chi connectivity index (χ1) is 9.65. The maximum atomic E-state index is 13.9. The lowest BCUT2D eigenvalue weighted by atomic mass is 10.2. The Morgan fingerprint density at radius 1 is 1.35 bits per heavy atom. The lowest BCUT2D eigenvalue weighted by Gasteiger charge is -2.02. The van der Waals surface area contributed by atoms with Gasteiger partial charge in [-0.25, -0.2) is 9.07 Å². The number of halogens is 2. The minimum Gasteiger partial charge on any atom is -0.308 e.